The van der Waals surface area contributed by atoms with E-state index in [2.05, 4.69) is 36.3 Å². The molecular weight excluding hydrogens is 256 g/mol. The lowest BCUT2D eigenvalue weighted by Gasteiger charge is -2.11. The molecule has 0 bridgehead atoms. The fourth-order valence-corrected chi connectivity index (χ4v) is 2.75. The predicted molar refractivity (Wildman–Crippen MR) is 80.0 cm³/mol. The number of hydrogen-bond acceptors (Lipinski definition) is 4. The number of methoxy groups -OCH3 is 1. The third-order valence-corrected chi connectivity index (χ3v) is 4.12. The summed E-state index contributed by atoms with van der Waals surface area (Å²) in [5.74, 6) is 1.40. The number of thiazole rings is 1. The molecule has 19 heavy (non-hydrogen) atoms. The van der Waals surface area contributed by atoms with Gasteiger partial charge in [0.25, 0.3) is 0 Å². The smallest absolute Gasteiger partial charge is 0.121 e. The molecule has 1 N–H and O–H groups in total. The number of rotatable bonds is 6. The van der Waals surface area contributed by atoms with E-state index >= 15 is 0 Å². The maximum absolute atomic E-state index is 5.26. The van der Waals surface area contributed by atoms with Gasteiger partial charge in [0, 0.05) is 30.6 Å². The molecule has 2 rings (SSSR count). The fourth-order valence-electron chi connectivity index (χ4n) is 2.05. The molecule has 0 radical (unpaired) electrons. The summed E-state index contributed by atoms with van der Waals surface area (Å²) >= 11 is 1.72. The van der Waals surface area contributed by atoms with Crippen LogP contribution in [-0.4, -0.2) is 18.6 Å². The van der Waals surface area contributed by atoms with Crippen molar-refractivity contribution >= 4 is 11.3 Å². The SMILES string of the molecule is COc1ccc(CNCC(C)c2nccs2)cc1C. The van der Waals surface area contributed by atoms with Gasteiger partial charge in [0.05, 0.1) is 12.1 Å². The minimum Gasteiger partial charge on any atom is -0.496 e. The van der Waals surface area contributed by atoms with Crippen LogP contribution in [-0.2, 0) is 6.54 Å². The van der Waals surface area contributed by atoms with Crippen LogP contribution >= 0.6 is 11.3 Å². The van der Waals surface area contributed by atoms with Gasteiger partial charge in [-0.3, -0.25) is 0 Å². The average Bonchev–Trinajstić information content (AvgIpc) is 2.93. The highest BCUT2D eigenvalue weighted by atomic mass is 32.1. The van der Waals surface area contributed by atoms with Crippen molar-refractivity contribution in [3.8, 4) is 5.75 Å². The molecule has 1 aromatic heterocycles. The van der Waals surface area contributed by atoms with Crippen LogP contribution < -0.4 is 10.1 Å². The standard InChI is InChI=1S/C15H20N2OS/c1-11-8-13(4-5-14(11)18-3)10-16-9-12(2)15-17-6-7-19-15/h4-8,12,16H,9-10H2,1-3H3. The monoisotopic (exact) mass is 276 g/mol. The summed E-state index contributed by atoms with van der Waals surface area (Å²) < 4.78 is 5.26. The maximum atomic E-state index is 5.26. The van der Waals surface area contributed by atoms with Crippen LogP contribution in [0.4, 0.5) is 0 Å². The van der Waals surface area contributed by atoms with Gasteiger partial charge >= 0.3 is 0 Å². The van der Waals surface area contributed by atoms with E-state index in [1.807, 2.05) is 17.6 Å². The third-order valence-electron chi connectivity index (χ3n) is 3.11. The first-order valence-corrected chi connectivity index (χ1v) is 7.32. The molecule has 0 fully saturated rings. The summed E-state index contributed by atoms with van der Waals surface area (Å²) in [4.78, 5) is 4.34. The second-order valence-electron chi connectivity index (χ2n) is 4.71. The maximum Gasteiger partial charge on any atom is 0.121 e. The molecule has 4 heteroatoms. The lowest BCUT2D eigenvalue weighted by Crippen LogP contribution is -2.19. The molecule has 0 aliphatic carbocycles. The summed E-state index contributed by atoms with van der Waals surface area (Å²) in [5.41, 5.74) is 2.46. The fraction of sp³-hybridized carbons (Fsp3) is 0.400. The number of nitrogens with one attached hydrogen (secondary N) is 1. The van der Waals surface area contributed by atoms with E-state index in [1.165, 1.54) is 16.1 Å². The Bertz CT molecular complexity index is 511. The van der Waals surface area contributed by atoms with Crippen molar-refractivity contribution in [1.82, 2.24) is 10.3 Å². The van der Waals surface area contributed by atoms with Crippen LogP contribution in [0, 0.1) is 6.92 Å². The molecule has 0 aliphatic rings. The molecule has 0 saturated heterocycles. The second kappa shape index (κ2) is 6.68. The van der Waals surface area contributed by atoms with Crippen molar-refractivity contribution in [1.29, 1.82) is 0 Å². The second-order valence-corrected chi connectivity index (χ2v) is 5.63. The highest BCUT2D eigenvalue weighted by Gasteiger charge is 2.07. The number of aryl methyl sites for hydroxylation is 1. The topological polar surface area (TPSA) is 34.1 Å². The Morgan fingerprint density at radius 2 is 2.26 bits per heavy atom. The molecule has 0 amide bonds. The Morgan fingerprint density at radius 3 is 2.89 bits per heavy atom. The summed E-state index contributed by atoms with van der Waals surface area (Å²) in [5, 5.41) is 6.70. The zero-order chi connectivity index (χ0) is 13.7. The van der Waals surface area contributed by atoms with E-state index < -0.39 is 0 Å². The molecule has 0 aliphatic heterocycles. The van der Waals surface area contributed by atoms with Gasteiger partial charge in [0.15, 0.2) is 0 Å². The van der Waals surface area contributed by atoms with Crippen molar-refractivity contribution in [3.05, 3.63) is 45.9 Å². The largest absolute Gasteiger partial charge is 0.496 e. The third kappa shape index (κ3) is 3.78. The molecule has 0 saturated carbocycles. The normalized spacial score (nSPS) is 12.4. The first-order chi connectivity index (χ1) is 9.20. The van der Waals surface area contributed by atoms with Gasteiger partial charge in [-0.15, -0.1) is 11.3 Å². The molecule has 3 nitrogen and oxygen atoms in total. The lowest BCUT2D eigenvalue weighted by atomic mass is 10.1. The summed E-state index contributed by atoms with van der Waals surface area (Å²) in [6.07, 6.45) is 1.86. The van der Waals surface area contributed by atoms with Crippen molar-refractivity contribution in [2.75, 3.05) is 13.7 Å². The van der Waals surface area contributed by atoms with Crippen molar-refractivity contribution in [3.63, 3.8) is 0 Å². The molecular formula is C15H20N2OS. The molecule has 1 aromatic carbocycles. The van der Waals surface area contributed by atoms with E-state index in [-0.39, 0.29) is 0 Å². The Hall–Kier alpha value is -1.39. The van der Waals surface area contributed by atoms with Crippen LogP contribution in [0.5, 0.6) is 5.75 Å². The molecule has 1 atom stereocenters. The van der Waals surface area contributed by atoms with Gasteiger partial charge in [-0.1, -0.05) is 19.1 Å². The number of nitrogens with zero attached hydrogens (tertiary/aromatic N) is 1. The van der Waals surface area contributed by atoms with E-state index in [9.17, 15) is 0 Å². The van der Waals surface area contributed by atoms with Gasteiger partial charge in [0.1, 0.15) is 5.75 Å². The molecule has 0 spiro atoms. The quantitative estimate of drug-likeness (QED) is 0.878. The van der Waals surface area contributed by atoms with Crippen LogP contribution in [0.15, 0.2) is 29.8 Å². The summed E-state index contributed by atoms with van der Waals surface area (Å²) in [7, 11) is 1.70. The van der Waals surface area contributed by atoms with Crippen LogP contribution in [0.3, 0.4) is 0 Å². The van der Waals surface area contributed by atoms with Gasteiger partial charge in [-0.2, -0.15) is 0 Å². The van der Waals surface area contributed by atoms with E-state index in [4.69, 9.17) is 4.74 Å². The average molecular weight is 276 g/mol. The Kier molecular flexibility index (Phi) is 4.93. The van der Waals surface area contributed by atoms with Gasteiger partial charge in [0.2, 0.25) is 0 Å². The van der Waals surface area contributed by atoms with Crippen molar-refractivity contribution < 1.29 is 4.74 Å². The van der Waals surface area contributed by atoms with Crippen molar-refractivity contribution in [2.45, 2.75) is 26.3 Å². The van der Waals surface area contributed by atoms with Crippen molar-refractivity contribution in [2.24, 2.45) is 0 Å². The van der Waals surface area contributed by atoms with Gasteiger partial charge in [-0.25, -0.2) is 4.98 Å². The van der Waals surface area contributed by atoms with E-state index in [0.717, 1.165) is 18.8 Å². The van der Waals surface area contributed by atoms with E-state index in [1.54, 1.807) is 18.4 Å². The molecule has 2 aromatic rings. The zero-order valence-corrected chi connectivity index (χ0v) is 12.5. The van der Waals surface area contributed by atoms with Crippen LogP contribution in [0.1, 0.15) is 29.0 Å². The molecule has 1 heterocycles. The van der Waals surface area contributed by atoms with Gasteiger partial charge in [-0.05, 0) is 24.1 Å². The summed E-state index contributed by atoms with van der Waals surface area (Å²) in [6, 6.07) is 6.30. The summed E-state index contributed by atoms with van der Waals surface area (Å²) in [6.45, 7) is 6.09. The Labute approximate surface area is 118 Å². The minimum absolute atomic E-state index is 0.458. The zero-order valence-electron chi connectivity index (χ0n) is 11.6. The molecule has 1 unspecified atom stereocenters. The Balaban J connectivity index is 1.84. The van der Waals surface area contributed by atoms with Crippen LogP contribution in [0.25, 0.3) is 0 Å². The highest BCUT2D eigenvalue weighted by molar-refractivity contribution is 7.09. The predicted octanol–water partition coefficient (Wildman–Crippen LogP) is 3.35. The molecule has 102 valence electrons. The first kappa shape index (κ1) is 14.0. The number of hydrogen-bond donors (Lipinski definition) is 1. The highest BCUT2D eigenvalue weighted by Crippen LogP contribution is 2.19. The minimum atomic E-state index is 0.458. The van der Waals surface area contributed by atoms with E-state index in [0.29, 0.717) is 5.92 Å². The first-order valence-electron chi connectivity index (χ1n) is 6.44. The lowest BCUT2D eigenvalue weighted by molar-refractivity contribution is 0.411. The Morgan fingerprint density at radius 1 is 1.42 bits per heavy atom. The number of benzene rings is 1. The van der Waals surface area contributed by atoms with Crippen LogP contribution in [0.2, 0.25) is 0 Å². The number of aromatic nitrogens is 1. The number of ether oxygens (including phenoxy) is 1. The van der Waals surface area contributed by atoms with Gasteiger partial charge < -0.3 is 10.1 Å².